The molecule has 0 aliphatic rings. The van der Waals surface area contributed by atoms with E-state index in [2.05, 4.69) is 21.2 Å². The second-order valence-electron chi connectivity index (χ2n) is 4.25. The van der Waals surface area contributed by atoms with Crippen molar-refractivity contribution in [2.24, 2.45) is 0 Å². The summed E-state index contributed by atoms with van der Waals surface area (Å²) in [6.45, 7) is 1.42. The second-order valence-corrected chi connectivity index (χ2v) is 5.16. The Morgan fingerprint density at radius 3 is 1.95 bits per heavy atom. The van der Waals surface area contributed by atoms with Crippen LogP contribution in [0.5, 0.6) is 0 Å². The molecule has 0 heterocycles. The molecule has 0 aromatic heterocycles. The van der Waals surface area contributed by atoms with Gasteiger partial charge in [-0.25, -0.2) is 17.6 Å². The Kier molecular flexibility index (Phi) is 4.32. The van der Waals surface area contributed by atoms with Gasteiger partial charge in [-0.1, -0.05) is 22.0 Å². The predicted octanol–water partition coefficient (Wildman–Crippen LogP) is 5.18. The van der Waals surface area contributed by atoms with Gasteiger partial charge in [-0.3, -0.25) is 0 Å². The lowest BCUT2D eigenvalue weighted by Crippen LogP contribution is -2.13. The van der Waals surface area contributed by atoms with Crippen molar-refractivity contribution in [3.8, 4) is 0 Å². The molecule has 2 rings (SSSR count). The Morgan fingerprint density at radius 1 is 0.950 bits per heavy atom. The van der Waals surface area contributed by atoms with E-state index in [-0.39, 0.29) is 10.0 Å². The second kappa shape index (κ2) is 5.83. The van der Waals surface area contributed by atoms with Gasteiger partial charge in [0.1, 0.15) is 29.0 Å². The highest BCUT2D eigenvalue weighted by Gasteiger charge is 2.19. The van der Waals surface area contributed by atoms with Crippen LogP contribution in [0.2, 0.25) is 0 Å². The van der Waals surface area contributed by atoms with E-state index in [9.17, 15) is 17.6 Å². The number of hydrogen-bond acceptors (Lipinski definition) is 1. The first-order valence-corrected chi connectivity index (χ1v) is 6.54. The molecule has 0 saturated carbocycles. The molecule has 6 heteroatoms. The molecular formula is C14H10BrF4N. The molecule has 20 heavy (non-hydrogen) atoms. The lowest BCUT2D eigenvalue weighted by Gasteiger charge is -2.18. The largest absolute Gasteiger partial charge is 0.374 e. The van der Waals surface area contributed by atoms with Crippen LogP contribution in [-0.2, 0) is 0 Å². The van der Waals surface area contributed by atoms with Crippen LogP contribution >= 0.6 is 15.9 Å². The van der Waals surface area contributed by atoms with E-state index in [0.717, 1.165) is 24.3 Å². The zero-order chi connectivity index (χ0) is 14.9. The van der Waals surface area contributed by atoms with E-state index in [4.69, 9.17) is 0 Å². The zero-order valence-corrected chi connectivity index (χ0v) is 11.9. The summed E-state index contributed by atoms with van der Waals surface area (Å²) in [4.78, 5) is 0. The van der Waals surface area contributed by atoms with Crippen LogP contribution < -0.4 is 5.32 Å². The molecule has 1 N–H and O–H groups in total. The molecule has 0 aliphatic carbocycles. The third kappa shape index (κ3) is 2.95. The molecule has 0 saturated heterocycles. The SMILES string of the molecule is CC(Nc1c(F)cc(Br)cc1F)c1c(F)cccc1F. The first kappa shape index (κ1) is 14.8. The summed E-state index contributed by atoms with van der Waals surface area (Å²) < 4.78 is 54.8. The van der Waals surface area contributed by atoms with Gasteiger partial charge in [-0.05, 0) is 31.2 Å². The number of anilines is 1. The summed E-state index contributed by atoms with van der Waals surface area (Å²) in [7, 11) is 0. The lowest BCUT2D eigenvalue weighted by atomic mass is 10.1. The molecule has 0 fully saturated rings. The van der Waals surface area contributed by atoms with Crippen molar-refractivity contribution in [1.82, 2.24) is 0 Å². The average Bonchev–Trinajstić information content (AvgIpc) is 2.33. The van der Waals surface area contributed by atoms with E-state index >= 15 is 0 Å². The number of benzene rings is 2. The summed E-state index contributed by atoms with van der Waals surface area (Å²) in [6.07, 6.45) is 0. The summed E-state index contributed by atoms with van der Waals surface area (Å²) in [6, 6.07) is 4.60. The standard InChI is InChI=1S/C14H10BrF4N/c1-7(13-9(16)3-2-4-10(13)17)20-14-11(18)5-8(15)6-12(14)19/h2-7,20H,1H3. The fourth-order valence-corrected chi connectivity index (χ4v) is 2.30. The van der Waals surface area contributed by atoms with Gasteiger partial charge < -0.3 is 5.32 Å². The van der Waals surface area contributed by atoms with Crippen LogP contribution in [0.1, 0.15) is 18.5 Å². The van der Waals surface area contributed by atoms with Crippen molar-refractivity contribution in [2.45, 2.75) is 13.0 Å². The van der Waals surface area contributed by atoms with Crippen molar-refractivity contribution >= 4 is 21.6 Å². The summed E-state index contributed by atoms with van der Waals surface area (Å²) in [5, 5.41) is 2.45. The van der Waals surface area contributed by atoms with Crippen molar-refractivity contribution in [3.63, 3.8) is 0 Å². The zero-order valence-electron chi connectivity index (χ0n) is 10.4. The molecule has 2 aromatic carbocycles. The summed E-state index contributed by atoms with van der Waals surface area (Å²) in [5.74, 6) is -3.24. The molecular weight excluding hydrogens is 338 g/mol. The number of hydrogen-bond donors (Lipinski definition) is 1. The van der Waals surface area contributed by atoms with Crippen molar-refractivity contribution < 1.29 is 17.6 Å². The van der Waals surface area contributed by atoms with Gasteiger partial charge >= 0.3 is 0 Å². The van der Waals surface area contributed by atoms with Gasteiger partial charge in [0.15, 0.2) is 0 Å². The maximum atomic E-state index is 13.7. The predicted molar refractivity (Wildman–Crippen MR) is 72.5 cm³/mol. The van der Waals surface area contributed by atoms with Crippen LogP contribution in [0.15, 0.2) is 34.8 Å². The quantitative estimate of drug-likeness (QED) is 0.754. The maximum absolute atomic E-state index is 13.7. The molecule has 1 nitrogen and oxygen atoms in total. The Morgan fingerprint density at radius 2 is 1.45 bits per heavy atom. The van der Waals surface area contributed by atoms with Gasteiger partial charge in [0.05, 0.1) is 6.04 Å². The van der Waals surface area contributed by atoms with Crippen LogP contribution in [-0.4, -0.2) is 0 Å². The molecule has 0 spiro atoms. The van der Waals surface area contributed by atoms with Gasteiger partial charge in [0.25, 0.3) is 0 Å². The fourth-order valence-electron chi connectivity index (χ4n) is 1.89. The molecule has 0 bridgehead atoms. The lowest BCUT2D eigenvalue weighted by molar-refractivity contribution is 0.538. The molecule has 0 amide bonds. The highest BCUT2D eigenvalue weighted by atomic mass is 79.9. The minimum absolute atomic E-state index is 0.239. The van der Waals surface area contributed by atoms with Gasteiger partial charge in [0, 0.05) is 10.0 Å². The Labute approximate surface area is 121 Å². The topological polar surface area (TPSA) is 12.0 Å². The minimum Gasteiger partial charge on any atom is -0.374 e. The molecule has 106 valence electrons. The third-order valence-electron chi connectivity index (χ3n) is 2.80. The molecule has 1 atom stereocenters. The first-order chi connectivity index (χ1) is 9.40. The van der Waals surface area contributed by atoms with E-state index in [1.165, 1.54) is 13.0 Å². The van der Waals surface area contributed by atoms with E-state index in [0.29, 0.717) is 0 Å². The maximum Gasteiger partial charge on any atom is 0.150 e. The van der Waals surface area contributed by atoms with Crippen LogP contribution in [0, 0.1) is 23.3 Å². The third-order valence-corrected chi connectivity index (χ3v) is 3.26. The smallest absolute Gasteiger partial charge is 0.150 e. The van der Waals surface area contributed by atoms with E-state index < -0.39 is 35.0 Å². The summed E-state index contributed by atoms with van der Waals surface area (Å²) >= 11 is 2.95. The van der Waals surface area contributed by atoms with E-state index in [1.54, 1.807) is 0 Å². The Bertz CT molecular complexity index is 602. The molecule has 0 radical (unpaired) electrons. The van der Waals surface area contributed by atoms with Crippen LogP contribution in [0.4, 0.5) is 23.2 Å². The Hall–Kier alpha value is -1.56. The molecule has 2 aromatic rings. The van der Waals surface area contributed by atoms with Crippen LogP contribution in [0.25, 0.3) is 0 Å². The van der Waals surface area contributed by atoms with Gasteiger partial charge in [-0.2, -0.15) is 0 Å². The van der Waals surface area contributed by atoms with Gasteiger partial charge in [0.2, 0.25) is 0 Å². The average molecular weight is 348 g/mol. The normalized spacial score (nSPS) is 12.3. The highest BCUT2D eigenvalue weighted by molar-refractivity contribution is 9.10. The number of halogens is 5. The van der Waals surface area contributed by atoms with E-state index in [1.807, 2.05) is 0 Å². The Balaban J connectivity index is 2.35. The highest BCUT2D eigenvalue weighted by Crippen LogP contribution is 2.29. The van der Waals surface area contributed by atoms with Crippen molar-refractivity contribution in [1.29, 1.82) is 0 Å². The van der Waals surface area contributed by atoms with Crippen molar-refractivity contribution in [2.75, 3.05) is 5.32 Å². The molecule has 1 unspecified atom stereocenters. The van der Waals surface area contributed by atoms with Crippen LogP contribution in [0.3, 0.4) is 0 Å². The monoisotopic (exact) mass is 347 g/mol. The number of nitrogens with one attached hydrogen (secondary N) is 1. The first-order valence-electron chi connectivity index (χ1n) is 5.75. The number of rotatable bonds is 3. The van der Waals surface area contributed by atoms with Gasteiger partial charge in [-0.15, -0.1) is 0 Å². The molecule has 0 aliphatic heterocycles. The minimum atomic E-state index is -0.929. The summed E-state index contributed by atoms with van der Waals surface area (Å²) in [5.41, 5.74) is -0.697. The fraction of sp³-hybridized carbons (Fsp3) is 0.143. The van der Waals surface area contributed by atoms with Crippen molar-refractivity contribution in [3.05, 3.63) is 63.6 Å².